The van der Waals surface area contributed by atoms with E-state index in [2.05, 4.69) is 58.1 Å². The fourth-order valence-electron chi connectivity index (χ4n) is 5.83. The Morgan fingerprint density at radius 3 is 2.79 bits per heavy atom. The minimum Gasteiger partial charge on any atom is -0.492 e. The van der Waals surface area contributed by atoms with Crippen molar-refractivity contribution in [3.8, 4) is 5.75 Å². The third-order valence-corrected chi connectivity index (χ3v) is 8.10. The summed E-state index contributed by atoms with van der Waals surface area (Å²) in [5, 5.41) is 8.79. The van der Waals surface area contributed by atoms with Crippen molar-refractivity contribution in [3.63, 3.8) is 0 Å². The van der Waals surface area contributed by atoms with Gasteiger partial charge < -0.3 is 15.0 Å². The van der Waals surface area contributed by atoms with Gasteiger partial charge in [0.15, 0.2) is 0 Å². The molecule has 5 aromatic rings. The number of likely N-dealkylation sites (N-methyl/N-ethyl adjacent to an activating group) is 1. The number of fused-ring (bicyclic) bond motifs is 2. The van der Waals surface area contributed by atoms with E-state index in [1.165, 1.54) is 5.56 Å². The molecular formula is C32H38N8O2. The molecule has 6 rings (SSSR count). The average Bonchev–Trinajstić information content (AvgIpc) is 3.51. The Morgan fingerprint density at radius 1 is 1.12 bits per heavy atom. The monoisotopic (exact) mass is 566 g/mol. The zero-order chi connectivity index (χ0) is 29.4. The molecule has 0 radical (unpaired) electrons. The number of nitrogens with one attached hydrogen (secondary N) is 1. The molecular weight excluding hydrogens is 528 g/mol. The maximum Gasteiger partial charge on any atom is 0.274 e. The van der Waals surface area contributed by atoms with Gasteiger partial charge in [0.1, 0.15) is 23.7 Å². The van der Waals surface area contributed by atoms with Gasteiger partial charge in [-0.3, -0.25) is 23.8 Å². The smallest absolute Gasteiger partial charge is 0.274 e. The molecule has 0 spiro atoms. The highest BCUT2D eigenvalue weighted by atomic mass is 16.5. The van der Waals surface area contributed by atoms with Gasteiger partial charge in [-0.1, -0.05) is 6.07 Å². The number of benzene rings is 1. The van der Waals surface area contributed by atoms with Gasteiger partial charge in [0.2, 0.25) is 0 Å². The molecule has 1 amide bonds. The van der Waals surface area contributed by atoms with Crippen molar-refractivity contribution in [2.24, 2.45) is 0 Å². The van der Waals surface area contributed by atoms with Crippen LogP contribution < -0.4 is 10.1 Å². The third-order valence-electron chi connectivity index (χ3n) is 8.10. The van der Waals surface area contributed by atoms with E-state index < -0.39 is 0 Å². The first-order valence-electron chi connectivity index (χ1n) is 14.5. The van der Waals surface area contributed by atoms with E-state index in [-0.39, 0.29) is 5.91 Å². The second-order valence-corrected chi connectivity index (χ2v) is 11.4. The van der Waals surface area contributed by atoms with Crippen LogP contribution in [0.4, 0.5) is 5.69 Å². The second-order valence-electron chi connectivity index (χ2n) is 11.4. The summed E-state index contributed by atoms with van der Waals surface area (Å²) in [4.78, 5) is 27.4. The molecule has 1 fully saturated rings. The number of aryl methyl sites for hydroxylation is 3. The number of ether oxygens (including phenoxy) is 1. The number of rotatable bonds is 8. The number of pyridine rings is 2. The average molecular weight is 567 g/mol. The molecule has 0 aliphatic carbocycles. The highest BCUT2D eigenvalue weighted by Gasteiger charge is 2.21. The number of piperazine rings is 1. The van der Waals surface area contributed by atoms with Crippen LogP contribution in [0.15, 0.2) is 54.9 Å². The minimum atomic E-state index is -0.240. The highest BCUT2D eigenvalue weighted by Crippen LogP contribution is 2.28. The summed E-state index contributed by atoms with van der Waals surface area (Å²) < 4.78 is 9.77. The van der Waals surface area contributed by atoms with Crippen molar-refractivity contribution >= 4 is 28.1 Å². The molecule has 1 saturated heterocycles. The number of aromatic nitrogens is 5. The zero-order valence-corrected chi connectivity index (χ0v) is 25.0. The lowest BCUT2D eigenvalue weighted by atomic mass is 10.1. The molecule has 1 aliphatic rings. The summed E-state index contributed by atoms with van der Waals surface area (Å²) in [5.74, 6) is 0.504. The topological polar surface area (TPSA) is 92.8 Å². The number of hydrogen-bond acceptors (Lipinski definition) is 7. The van der Waals surface area contributed by atoms with Crippen molar-refractivity contribution in [3.05, 3.63) is 83.2 Å². The lowest BCUT2D eigenvalue weighted by Crippen LogP contribution is -2.50. The molecule has 4 aromatic heterocycles. The second kappa shape index (κ2) is 11.5. The van der Waals surface area contributed by atoms with Crippen LogP contribution in [0.25, 0.3) is 16.6 Å². The quantitative estimate of drug-likeness (QED) is 0.299. The molecule has 5 heterocycles. The number of amides is 1. The summed E-state index contributed by atoms with van der Waals surface area (Å²) >= 11 is 0. The Kier molecular flexibility index (Phi) is 7.66. The number of carbonyl (C=O) groups excluding carboxylic acids is 1. The van der Waals surface area contributed by atoms with Crippen molar-refractivity contribution < 1.29 is 9.53 Å². The van der Waals surface area contributed by atoms with Crippen LogP contribution in [-0.4, -0.2) is 85.7 Å². The molecule has 1 aliphatic heterocycles. The molecule has 42 heavy (non-hydrogen) atoms. The standard InChI is InChI=1S/C32H38N8O2/c1-21-15-22(2)34-25(16-21)20-40-28-8-6-7-27(31(28)24(4)36-40)35-32(41)29-18-33-30-17-26(9-10-39(29)30)42-14-13-38-12-11-37(5)23(3)19-38/h6-10,15-18,23H,11-14,19-20H2,1-5H3,(H,35,41)/t23-/m0/s1. The number of carbonyl (C=O) groups is 1. The summed E-state index contributed by atoms with van der Waals surface area (Å²) in [5.41, 5.74) is 6.72. The van der Waals surface area contributed by atoms with Crippen molar-refractivity contribution in [2.45, 2.75) is 40.3 Å². The number of imidazole rings is 1. The van der Waals surface area contributed by atoms with Crippen molar-refractivity contribution in [1.29, 1.82) is 0 Å². The van der Waals surface area contributed by atoms with Crippen molar-refractivity contribution in [1.82, 2.24) is 33.9 Å². The maximum atomic E-state index is 13.4. The molecule has 1 N–H and O–H groups in total. The van der Waals surface area contributed by atoms with Gasteiger partial charge in [-0.2, -0.15) is 5.10 Å². The molecule has 0 unspecified atom stereocenters. The van der Waals surface area contributed by atoms with E-state index in [1.807, 2.05) is 55.1 Å². The molecule has 1 aromatic carbocycles. The number of hydrogen-bond donors (Lipinski definition) is 1. The van der Waals surface area contributed by atoms with Crippen LogP contribution in [0.3, 0.4) is 0 Å². The van der Waals surface area contributed by atoms with E-state index >= 15 is 0 Å². The van der Waals surface area contributed by atoms with Gasteiger partial charge in [-0.25, -0.2) is 4.98 Å². The summed E-state index contributed by atoms with van der Waals surface area (Å²) in [6.07, 6.45) is 3.44. The van der Waals surface area contributed by atoms with Gasteiger partial charge in [-0.05, 0) is 70.6 Å². The minimum absolute atomic E-state index is 0.240. The van der Waals surface area contributed by atoms with Gasteiger partial charge in [0.05, 0.1) is 35.3 Å². The first-order chi connectivity index (χ1) is 20.2. The van der Waals surface area contributed by atoms with Crippen LogP contribution >= 0.6 is 0 Å². The van der Waals surface area contributed by atoms with Gasteiger partial charge in [-0.15, -0.1) is 0 Å². The fraction of sp³-hybridized carbons (Fsp3) is 0.375. The van der Waals surface area contributed by atoms with Crippen molar-refractivity contribution in [2.75, 3.05) is 45.2 Å². The number of anilines is 1. The van der Waals surface area contributed by atoms with Gasteiger partial charge in [0.25, 0.3) is 5.91 Å². The van der Waals surface area contributed by atoms with E-state index in [0.717, 1.165) is 59.9 Å². The Balaban J connectivity index is 1.15. The summed E-state index contributed by atoms with van der Waals surface area (Å²) in [7, 11) is 2.17. The Labute approximate surface area is 245 Å². The molecule has 0 saturated carbocycles. The predicted octanol–water partition coefficient (Wildman–Crippen LogP) is 4.32. The lowest BCUT2D eigenvalue weighted by Gasteiger charge is -2.37. The summed E-state index contributed by atoms with van der Waals surface area (Å²) in [6.45, 7) is 13.5. The van der Waals surface area contributed by atoms with E-state index in [4.69, 9.17) is 9.84 Å². The first-order valence-corrected chi connectivity index (χ1v) is 14.5. The molecule has 10 nitrogen and oxygen atoms in total. The maximum absolute atomic E-state index is 13.4. The van der Waals surface area contributed by atoms with E-state index in [1.54, 1.807) is 10.6 Å². The summed E-state index contributed by atoms with van der Waals surface area (Å²) in [6, 6.07) is 14.3. The Bertz CT molecular complexity index is 1740. The largest absolute Gasteiger partial charge is 0.492 e. The normalized spacial score (nSPS) is 16.4. The Hall–Kier alpha value is -4.28. The molecule has 218 valence electrons. The predicted molar refractivity (Wildman–Crippen MR) is 164 cm³/mol. The molecule has 0 bridgehead atoms. The van der Waals surface area contributed by atoms with E-state index in [0.29, 0.717) is 36.2 Å². The first kappa shape index (κ1) is 27.9. The Morgan fingerprint density at radius 2 is 1.98 bits per heavy atom. The number of nitrogens with zero attached hydrogens (tertiary/aromatic N) is 7. The SMILES string of the molecule is Cc1cc(C)nc(Cn2nc(C)c3c(NC(=O)c4cnc5cc(OCCN6CCN(C)[C@@H](C)C6)ccn45)cccc32)c1. The molecule has 1 atom stereocenters. The lowest BCUT2D eigenvalue weighted by molar-refractivity contribution is 0.0928. The van der Waals surface area contributed by atoms with E-state index in [9.17, 15) is 4.79 Å². The van der Waals surface area contributed by atoms with Gasteiger partial charge in [0, 0.05) is 55.6 Å². The zero-order valence-electron chi connectivity index (χ0n) is 25.0. The van der Waals surface area contributed by atoms with Crippen LogP contribution in [0.2, 0.25) is 0 Å². The molecule has 10 heteroatoms. The van der Waals surface area contributed by atoms with Crippen LogP contribution in [0.1, 0.15) is 40.1 Å². The van der Waals surface area contributed by atoms with Crippen LogP contribution in [-0.2, 0) is 6.54 Å². The third kappa shape index (κ3) is 5.73. The fourth-order valence-corrected chi connectivity index (χ4v) is 5.83. The van der Waals surface area contributed by atoms with Gasteiger partial charge >= 0.3 is 0 Å². The van der Waals surface area contributed by atoms with Crippen LogP contribution in [0, 0.1) is 20.8 Å². The highest BCUT2D eigenvalue weighted by molar-refractivity contribution is 6.08. The van der Waals surface area contributed by atoms with Crippen LogP contribution in [0.5, 0.6) is 5.75 Å².